The molecule has 1 atom stereocenters. The Labute approximate surface area is 173 Å². The number of nitrogens with zero attached hydrogens (tertiary/aromatic N) is 2. The molecule has 1 fully saturated rings. The maximum atomic E-state index is 12.9. The molecule has 8 nitrogen and oxygen atoms in total. The van der Waals surface area contributed by atoms with Gasteiger partial charge in [0.25, 0.3) is 11.7 Å². The van der Waals surface area contributed by atoms with Gasteiger partial charge in [-0.25, -0.2) is 0 Å². The van der Waals surface area contributed by atoms with Crippen LogP contribution in [0.15, 0.2) is 48.2 Å². The Balaban J connectivity index is 1.79. The van der Waals surface area contributed by atoms with Gasteiger partial charge in [-0.05, 0) is 36.8 Å². The summed E-state index contributed by atoms with van der Waals surface area (Å²) in [5.74, 6) is -0.625. The number of rotatable bonds is 6. The summed E-state index contributed by atoms with van der Waals surface area (Å²) in [6, 6.07) is 9.40. The second-order valence-corrected chi connectivity index (χ2v) is 6.95. The van der Waals surface area contributed by atoms with Crippen LogP contribution in [0.5, 0.6) is 11.5 Å². The molecule has 1 aromatic heterocycles. The molecule has 8 heteroatoms. The number of carbonyl (C=O) groups is 2. The molecule has 0 bridgehead atoms. The summed E-state index contributed by atoms with van der Waals surface area (Å²) >= 11 is 0. The van der Waals surface area contributed by atoms with Crippen molar-refractivity contribution in [2.45, 2.75) is 12.5 Å². The summed E-state index contributed by atoms with van der Waals surface area (Å²) in [5.41, 5.74) is 0.885. The fourth-order valence-electron chi connectivity index (χ4n) is 3.68. The molecule has 3 heterocycles. The first-order valence-corrected chi connectivity index (χ1v) is 9.70. The average Bonchev–Trinajstić information content (AvgIpc) is 3.04. The molecule has 1 N–H and O–H groups in total. The number of fused-ring (bicyclic) bond motifs is 1. The SMILES string of the molecule is COCCCN1C(=O)C(=O)/C(=C(\O)c2ccc3c(c2)OCCO3)C1c1ccccn1. The van der Waals surface area contributed by atoms with Gasteiger partial charge in [-0.3, -0.25) is 14.6 Å². The molecule has 2 aliphatic rings. The Morgan fingerprint density at radius 2 is 2.00 bits per heavy atom. The molecule has 4 rings (SSSR count). The second-order valence-electron chi connectivity index (χ2n) is 6.95. The quantitative estimate of drug-likeness (QED) is 0.338. The number of aliphatic hydroxyl groups excluding tert-OH is 1. The van der Waals surface area contributed by atoms with E-state index in [2.05, 4.69) is 4.98 Å². The van der Waals surface area contributed by atoms with Crippen LogP contribution >= 0.6 is 0 Å². The van der Waals surface area contributed by atoms with E-state index in [1.807, 2.05) is 0 Å². The van der Waals surface area contributed by atoms with Gasteiger partial charge in [-0.2, -0.15) is 0 Å². The number of hydrogen-bond acceptors (Lipinski definition) is 7. The van der Waals surface area contributed by atoms with E-state index < -0.39 is 17.7 Å². The average molecular weight is 410 g/mol. The molecule has 2 aliphatic heterocycles. The van der Waals surface area contributed by atoms with E-state index in [-0.39, 0.29) is 11.3 Å². The first-order chi connectivity index (χ1) is 14.6. The molecule has 1 saturated heterocycles. The minimum absolute atomic E-state index is 0.00722. The fourth-order valence-corrected chi connectivity index (χ4v) is 3.68. The molecular formula is C22H22N2O6. The highest BCUT2D eigenvalue weighted by Gasteiger charge is 2.46. The Bertz CT molecular complexity index is 988. The zero-order valence-corrected chi connectivity index (χ0v) is 16.5. The lowest BCUT2D eigenvalue weighted by molar-refractivity contribution is -0.140. The first-order valence-electron chi connectivity index (χ1n) is 9.70. The van der Waals surface area contributed by atoms with Gasteiger partial charge in [0.05, 0.1) is 11.3 Å². The lowest BCUT2D eigenvalue weighted by atomic mass is 9.98. The van der Waals surface area contributed by atoms with Gasteiger partial charge in [0.2, 0.25) is 0 Å². The van der Waals surface area contributed by atoms with Crippen molar-refractivity contribution in [3.63, 3.8) is 0 Å². The number of ketones is 1. The van der Waals surface area contributed by atoms with Crippen LogP contribution in [0.4, 0.5) is 0 Å². The van der Waals surface area contributed by atoms with Crippen LogP contribution in [-0.4, -0.2) is 60.2 Å². The summed E-state index contributed by atoms with van der Waals surface area (Å²) in [7, 11) is 1.58. The number of hydrogen-bond donors (Lipinski definition) is 1. The number of carbonyl (C=O) groups excluding carboxylic acids is 2. The van der Waals surface area contributed by atoms with Crippen LogP contribution in [0, 0.1) is 0 Å². The Morgan fingerprint density at radius 1 is 1.20 bits per heavy atom. The Hall–Kier alpha value is -3.39. The zero-order valence-electron chi connectivity index (χ0n) is 16.5. The highest BCUT2D eigenvalue weighted by atomic mass is 16.6. The number of likely N-dealkylation sites (tertiary alicyclic amines) is 1. The highest BCUT2D eigenvalue weighted by molar-refractivity contribution is 6.46. The van der Waals surface area contributed by atoms with Crippen molar-refractivity contribution in [2.24, 2.45) is 0 Å². The van der Waals surface area contributed by atoms with E-state index in [0.29, 0.717) is 55.5 Å². The number of pyridine rings is 1. The number of ether oxygens (including phenoxy) is 3. The van der Waals surface area contributed by atoms with Gasteiger partial charge in [-0.15, -0.1) is 0 Å². The lowest BCUT2D eigenvalue weighted by Crippen LogP contribution is -2.31. The molecule has 0 aliphatic carbocycles. The van der Waals surface area contributed by atoms with Gasteiger partial charge in [0.15, 0.2) is 11.5 Å². The van der Waals surface area contributed by atoms with Crippen molar-refractivity contribution in [1.29, 1.82) is 0 Å². The van der Waals surface area contributed by atoms with Crippen molar-refractivity contribution < 1.29 is 28.9 Å². The molecule has 0 radical (unpaired) electrons. The first kappa shape index (κ1) is 19.9. The summed E-state index contributed by atoms with van der Waals surface area (Å²) in [4.78, 5) is 31.5. The van der Waals surface area contributed by atoms with E-state index in [4.69, 9.17) is 14.2 Å². The summed E-state index contributed by atoms with van der Waals surface area (Å²) in [6.45, 7) is 1.59. The van der Waals surface area contributed by atoms with Crippen molar-refractivity contribution >= 4 is 17.4 Å². The topological polar surface area (TPSA) is 98.2 Å². The number of aromatic nitrogens is 1. The van der Waals surface area contributed by atoms with Gasteiger partial charge < -0.3 is 24.2 Å². The molecule has 1 unspecified atom stereocenters. The number of benzene rings is 1. The maximum Gasteiger partial charge on any atom is 0.295 e. The minimum atomic E-state index is -0.781. The predicted molar refractivity (Wildman–Crippen MR) is 107 cm³/mol. The number of methoxy groups -OCH3 is 1. The summed E-state index contributed by atoms with van der Waals surface area (Å²) < 4.78 is 16.2. The molecule has 2 aromatic rings. The van der Waals surface area contributed by atoms with E-state index in [1.54, 1.807) is 49.7 Å². The van der Waals surface area contributed by atoms with E-state index in [9.17, 15) is 14.7 Å². The Morgan fingerprint density at radius 3 is 2.73 bits per heavy atom. The van der Waals surface area contributed by atoms with E-state index >= 15 is 0 Å². The van der Waals surface area contributed by atoms with Crippen LogP contribution in [0.2, 0.25) is 0 Å². The molecule has 0 saturated carbocycles. The maximum absolute atomic E-state index is 12.9. The molecular weight excluding hydrogens is 388 g/mol. The third-order valence-electron chi connectivity index (χ3n) is 5.07. The standard InChI is InChI=1S/C22H22N2O6/c1-28-10-4-9-24-19(15-5-2-3-8-23-15)18(21(26)22(24)27)20(25)14-6-7-16-17(13-14)30-12-11-29-16/h2-3,5-8,13,19,25H,4,9-12H2,1H3/b20-18-. The van der Waals surface area contributed by atoms with Crippen molar-refractivity contribution in [2.75, 3.05) is 33.5 Å². The highest BCUT2D eigenvalue weighted by Crippen LogP contribution is 2.40. The molecule has 1 amide bonds. The minimum Gasteiger partial charge on any atom is -0.507 e. The largest absolute Gasteiger partial charge is 0.507 e. The van der Waals surface area contributed by atoms with E-state index in [1.165, 1.54) is 4.90 Å². The second kappa shape index (κ2) is 8.54. The molecule has 156 valence electrons. The number of Topliss-reactive ketones (excluding diaryl/α,β-unsaturated/α-hetero) is 1. The number of aliphatic hydroxyl groups is 1. The third kappa shape index (κ3) is 3.61. The van der Waals surface area contributed by atoms with Crippen LogP contribution in [-0.2, 0) is 14.3 Å². The number of amides is 1. The normalized spacial score (nSPS) is 19.9. The predicted octanol–water partition coefficient (Wildman–Crippen LogP) is 2.31. The summed E-state index contributed by atoms with van der Waals surface area (Å²) in [6.07, 6.45) is 2.14. The van der Waals surface area contributed by atoms with Crippen molar-refractivity contribution in [1.82, 2.24) is 9.88 Å². The molecule has 0 spiro atoms. The van der Waals surface area contributed by atoms with Crippen LogP contribution in [0.1, 0.15) is 23.7 Å². The van der Waals surface area contributed by atoms with Crippen molar-refractivity contribution in [3.8, 4) is 11.5 Å². The van der Waals surface area contributed by atoms with Gasteiger partial charge in [-0.1, -0.05) is 6.07 Å². The monoisotopic (exact) mass is 410 g/mol. The van der Waals surface area contributed by atoms with Gasteiger partial charge in [0.1, 0.15) is 25.0 Å². The zero-order chi connectivity index (χ0) is 21.1. The lowest BCUT2D eigenvalue weighted by Gasteiger charge is -2.24. The van der Waals surface area contributed by atoms with Gasteiger partial charge in [0, 0.05) is 32.0 Å². The molecule has 1 aromatic carbocycles. The smallest absolute Gasteiger partial charge is 0.295 e. The summed E-state index contributed by atoms with van der Waals surface area (Å²) in [5, 5.41) is 11.1. The van der Waals surface area contributed by atoms with Crippen LogP contribution in [0.3, 0.4) is 0 Å². The molecule has 30 heavy (non-hydrogen) atoms. The van der Waals surface area contributed by atoms with Crippen LogP contribution < -0.4 is 9.47 Å². The van der Waals surface area contributed by atoms with E-state index in [0.717, 1.165) is 0 Å². The third-order valence-corrected chi connectivity index (χ3v) is 5.07. The van der Waals surface area contributed by atoms with Crippen LogP contribution in [0.25, 0.3) is 5.76 Å². The fraction of sp³-hybridized carbons (Fsp3) is 0.318. The Kier molecular flexibility index (Phi) is 5.67. The van der Waals surface area contributed by atoms with Crippen molar-refractivity contribution in [3.05, 3.63) is 59.4 Å². The van der Waals surface area contributed by atoms with Gasteiger partial charge >= 0.3 is 0 Å².